The maximum atomic E-state index is 12.8. The van der Waals surface area contributed by atoms with Gasteiger partial charge in [0.1, 0.15) is 0 Å². The molecule has 0 bridgehead atoms. The maximum Gasteiger partial charge on any atom is 0.338 e. The fraction of sp³-hybridized carbons (Fsp3) is 0.308. The minimum absolute atomic E-state index is 0.0276. The van der Waals surface area contributed by atoms with Crippen LogP contribution >= 0.6 is 0 Å². The van der Waals surface area contributed by atoms with Gasteiger partial charge in [-0.1, -0.05) is 30.3 Å². The second-order valence-electron chi connectivity index (χ2n) is 7.89. The highest BCUT2D eigenvalue weighted by Gasteiger charge is 2.19. The van der Waals surface area contributed by atoms with Gasteiger partial charge >= 0.3 is 5.97 Å². The second kappa shape index (κ2) is 10.2. The van der Waals surface area contributed by atoms with E-state index < -0.39 is 5.97 Å². The summed E-state index contributed by atoms with van der Waals surface area (Å²) in [6.07, 6.45) is -0.0276. The monoisotopic (exact) mass is 435 g/mol. The number of aromatic nitrogens is 1. The molecule has 0 unspecified atom stereocenters. The predicted octanol–water partition coefficient (Wildman–Crippen LogP) is 4.99. The molecule has 1 aromatic heterocycles. The van der Waals surface area contributed by atoms with E-state index in [2.05, 4.69) is 4.57 Å². The molecule has 6 heteroatoms. The van der Waals surface area contributed by atoms with Gasteiger partial charge < -0.3 is 18.8 Å². The van der Waals surface area contributed by atoms with E-state index in [0.29, 0.717) is 29.2 Å². The van der Waals surface area contributed by atoms with Crippen molar-refractivity contribution < 1.29 is 23.8 Å². The minimum atomic E-state index is -0.592. The molecular formula is C26H29NO5. The van der Waals surface area contributed by atoms with E-state index in [4.69, 9.17) is 14.2 Å². The second-order valence-corrected chi connectivity index (χ2v) is 7.89. The third kappa shape index (κ3) is 5.38. The molecule has 0 fully saturated rings. The third-order valence-corrected chi connectivity index (χ3v) is 5.15. The lowest BCUT2D eigenvalue weighted by atomic mass is 10.1. The van der Waals surface area contributed by atoms with E-state index in [9.17, 15) is 9.59 Å². The van der Waals surface area contributed by atoms with Crippen molar-refractivity contribution in [3.05, 3.63) is 82.7 Å². The first-order valence-electron chi connectivity index (χ1n) is 10.6. The largest absolute Gasteiger partial charge is 0.493 e. The standard InChI is InChI=1S/C26H29NO5/c1-17(2)32-24-12-11-21(14-25(24)30-5)26(29)31-16-23(28)22-13-18(3)27(19(22)4)15-20-9-7-6-8-10-20/h6-14,17H,15-16H2,1-5H3. The van der Waals surface area contributed by atoms with Crippen LogP contribution in [0.3, 0.4) is 0 Å². The highest BCUT2D eigenvalue weighted by Crippen LogP contribution is 2.29. The van der Waals surface area contributed by atoms with Gasteiger partial charge in [0, 0.05) is 23.5 Å². The number of hydrogen-bond acceptors (Lipinski definition) is 5. The number of rotatable bonds is 9. The summed E-state index contributed by atoms with van der Waals surface area (Å²) in [5.74, 6) is 0.147. The molecule has 0 radical (unpaired) electrons. The average molecular weight is 436 g/mol. The molecule has 0 atom stereocenters. The molecule has 0 aliphatic heterocycles. The maximum absolute atomic E-state index is 12.8. The highest BCUT2D eigenvalue weighted by molar-refractivity contribution is 6.00. The first-order valence-corrected chi connectivity index (χ1v) is 10.6. The number of nitrogens with zero attached hydrogens (tertiary/aromatic N) is 1. The molecule has 0 amide bonds. The van der Waals surface area contributed by atoms with Crippen LogP contribution in [0.4, 0.5) is 0 Å². The number of benzene rings is 2. The first kappa shape index (κ1) is 23.1. The van der Waals surface area contributed by atoms with Gasteiger partial charge in [0.2, 0.25) is 5.78 Å². The summed E-state index contributed by atoms with van der Waals surface area (Å²) < 4.78 is 18.4. The zero-order chi connectivity index (χ0) is 23.3. The van der Waals surface area contributed by atoms with Crippen LogP contribution in [0.2, 0.25) is 0 Å². The van der Waals surface area contributed by atoms with Gasteiger partial charge in [-0.05, 0) is 57.5 Å². The number of methoxy groups -OCH3 is 1. The molecule has 0 saturated carbocycles. The van der Waals surface area contributed by atoms with Crippen LogP contribution in [0.5, 0.6) is 11.5 Å². The molecular weight excluding hydrogens is 406 g/mol. The van der Waals surface area contributed by atoms with Gasteiger partial charge in [-0.3, -0.25) is 4.79 Å². The molecule has 3 rings (SSSR count). The third-order valence-electron chi connectivity index (χ3n) is 5.15. The molecule has 0 spiro atoms. The number of Topliss-reactive ketones (excluding diaryl/α,β-unsaturated/α-hetero) is 1. The number of carbonyl (C=O) groups excluding carboxylic acids is 2. The lowest BCUT2D eigenvalue weighted by molar-refractivity contribution is 0.0474. The fourth-order valence-corrected chi connectivity index (χ4v) is 3.53. The van der Waals surface area contributed by atoms with E-state index in [0.717, 1.165) is 17.0 Å². The molecule has 0 aliphatic rings. The Morgan fingerprint density at radius 3 is 2.34 bits per heavy atom. The Labute approximate surface area is 188 Å². The summed E-state index contributed by atoms with van der Waals surface area (Å²) in [4.78, 5) is 25.3. The fourth-order valence-electron chi connectivity index (χ4n) is 3.53. The van der Waals surface area contributed by atoms with E-state index >= 15 is 0 Å². The van der Waals surface area contributed by atoms with Crippen LogP contribution in [0, 0.1) is 13.8 Å². The molecule has 2 aromatic carbocycles. The topological polar surface area (TPSA) is 66.8 Å². The van der Waals surface area contributed by atoms with Crippen molar-refractivity contribution >= 4 is 11.8 Å². The minimum Gasteiger partial charge on any atom is -0.493 e. The van der Waals surface area contributed by atoms with Crippen molar-refractivity contribution in [1.29, 1.82) is 0 Å². The molecule has 168 valence electrons. The Hall–Kier alpha value is -3.54. The number of aryl methyl sites for hydroxylation is 1. The van der Waals surface area contributed by atoms with Crippen molar-refractivity contribution in [3.63, 3.8) is 0 Å². The smallest absolute Gasteiger partial charge is 0.338 e. The Balaban J connectivity index is 1.68. The number of ketones is 1. The predicted molar refractivity (Wildman–Crippen MR) is 123 cm³/mol. The van der Waals surface area contributed by atoms with E-state index in [-0.39, 0.29) is 18.5 Å². The van der Waals surface area contributed by atoms with Crippen LogP contribution in [-0.4, -0.2) is 36.1 Å². The van der Waals surface area contributed by atoms with Crippen molar-refractivity contribution in [2.45, 2.75) is 40.3 Å². The Bertz CT molecular complexity index is 1100. The zero-order valence-corrected chi connectivity index (χ0v) is 19.2. The van der Waals surface area contributed by atoms with Crippen LogP contribution in [0.1, 0.15) is 51.5 Å². The highest BCUT2D eigenvalue weighted by atomic mass is 16.5. The van der Waals surface area contributed by atoms with Crippen molar-refractivity contribution in [2.24, 2.45) is 0 Å². The van der Waals surface area contributed by atoms with Crippen molar-refractivity contribution in [3.8, 4) is 11.5 Å². The van der Waals surface area contributed by atoms with Gasteiger partial charge in [-0.25, -0.2) is 4.79 Å². The number of hydrogen-bond donors (Lipinski definition) is 0. The summed E-state index contributed by atoms with van der Waals surface area (Å²) in [5.41, 5.74) is 3.83. The van der Waals surface area contributed by atoms with Crippen LogP contribution in [0.25, 0.3) is 0 Å². The van der Waals surface area contributed by atoms with Crippen molar-refractivity contribution in [1.82, 2.24) is 4.57 Å². The van der Waals surface area contributed by atoms with Gasteiger partial charge in [-0.15, -0.1) is 0 Å². The van der Waals surface area contributed by atoms with E-state index in [1.54, 1.807) is 18.2 Å². The van der Waals surface area contributed by atoms with Gasteiger partial charge in [0.25, 0.3) is 0 Å². The van der Waals surface area contributed by atoms with Crippen molar-refractivity contribution in [2.75, 3.05) is 13.7 Å². The SMILES string of the molecule is COc1cc(C(=O)OCC(=O)c2cc(C)n(Cc3ccccc3)c2C)ccc1OC(C)C. The molecule has 0 aliphatic carbocycles. The van der Waals surface area contributed by atoms with Crippen LogP contribution < -0.4 is 9.47 Å². The summed E-state index contributed by atoms with van der Waals surface area (Å²) in [7, 11) is 1.51. The first-order chi connectivity index (χ1) is 15.3. The lowest BCUT2D eigenvalue weighted by Crippen LogP contribution is -2.15. The average Bonchev–Trinajstić information content (AvgIpc) is 3.06. The Kier molecular flexibility index (Phi) is 7.36. The molecule has 0 N–H and O–H groups in total. The van der Waals surface area contributed by atoms with Crippen LogP contribution in [-0.2, 0) is 11.3 Å². The molecule has 6 nitrogen and oxygen atoms in total. The quantitative estimate of drug-likeness (QED) is 0.350. The van der Waals surface area contributed by atoms with Gasteiger partial charge in [-0.2, -0.15) is 0 Å². The summed E-state index contributed by atoms with van der Waals surface area (Å²) in [5, 5.41) is 0. The summed E-state index contributed by atoms with van der Waals surface area (Å²) in [6, 6.07) is 16.7. The van der Waals surface area contributed by atoms with Crippen LogP contribution in [0.15, 0.2) is 54.6 Å². The van der Waals surface area contributed by atoms with E-state index in [1.165, 1.54) is 7.11 Å². The number of ether oxygens (including phenoxy) is 3. The molecule has 1 heterocycles. The summed E-state index contributed by atoms with van der Waals surface area (Å²) >= 11 is 0. The summed E-state index contributed by atoms with van der Waals surface area (Å²) in [6.45, 7) is 8.03. The number of esters is 1. The van der Waals surface area contributed by atoms with Gasteiger partial charge in [0.05, 0.1) is 18.8 Å². The zero-order valence-electron chi connectivity index (χ0n) is 19.2. The normalized spacial score (nSPS) is 10.8. The van der Waals surface area contributed by atoms with Gasteiger partial charge in [0.15, 0.2) is 18.1 Å². The molecule has 32 heavy (non-hydrogen) atoms. The number of carbonyl (C=O) groups is 2. The van der Waals surface area contributed by atoms with E-state index in [1.807, 2.05) is 64.1 Å². The lowest BCUT2D eigenvalue weighted by Gasteiger charge is -2.14. The molecule has 3 aromatic rings. The Morgan fingerprint density at radius 1 is 0.969 bits per heavy atom. The Morgan fingerprint density at radius 2 is 1.69 bits per heavy atom. The molecule has 0 saturated heterocycles.